The summed E-state index contributed by atoms with van der Waals surface area (Å²) < 4.78 is 37.5. The Morgan fingerprint density at radius 1 is 0.367 bits per heavy atom. The second kappa shape index (κ2) is 32.6. The Morgan fingerprint density at radius 2 is 0.533 bits per heavy atom. The second-order valence-electron chi connectivity index (χ2n) is 4.31. The van der Waals surface area contributed by atoms with Gasteiger partial charge in [0, 0.05) is 64.5 Å². The molecule has 0 unspecified atom stereocenters. The molecule has 4 rings (SSSR count). The summed E-state index contributed by atoms with van der Waals surface area (Å²) in [5, 5.41) is 0. The molecule has 0 heterocycles. The summed E-state index contributed by atoms with van der Waals surface area (Å²) >= 11 is 0. The molecule has 0 saturated heterocycles. The van der Waals surface area contributed by atoms with Crippen LogP contribution in [0.5, 0.6) is 0 Å². The van der Waals surface area contributed by atoms with Gasteiger partial charge in [0.05, 0.1) is 0 Å². The van der Waals surface area contributed by atoms with Crippen molar-refractivity contribution in [3.05, 3.63) is 144 Å². The Hall–Kier alpha value is -1.02. The molecular weight excluding hydrogens is 729 g/mol. The van der Waals surface area contributed by atoms with Crippen LogP contribution in [-0.4, -0.2) is 0 Å². The van der Waals surface area contributed by atoms with Gasteiger partial charge in [-0.1, -0.05) is 48.6 Å². The van der Waals surface area contributed by atoms with Crippen LogP contribution in [0.4, 0.5) is 0 Å². The van der Waals surface area contributed by atoms with E-state index in [4.69, 9.17) is 23.3 Å². The standard InChI is InChI=1S/2C9H7.5CO.2Re/c2*1-2-5-9-7-3-6-8(9)4-1;5*1-2;;/h2*1-7H;;;;;;;. The van der Waals surface area contributed by atoms with Crippen LogP contribution in [0.1, 0.15) is 0 Å². The van der Waals surface area contributed by atoms with E-state index in [2.05, 4.69) is 120 Å². The van der Waals surface area contributed by atoms with Crippen LogP contribution in [0.15, 0.2) is 48.6 Å². The van der Waals surface area contributed by atoms with E-state index < -0.39 is 0 Å². The quantitative estimate of drug-likeness (QED) is 0.268. The fraction of sp³-hybridized carbons (Fsp3) is 0. The molecule has 0 aromatic heterocycles. The zero-order valence-corrected chi connectivity index (χ0v) is 20.8. The number of fused-ring (bicyclic) bond motifs is 2. The molecule has 30 heavy (non-hydrogen) atoms. The first-order chi connectivity index (χ1) is 13.9. The average Bonchev–Trinajstić information content (AvgIpc) is 3.50. The van der Waals surface area contributed by atoms with Gasteiger partial charge in [-0.2, -0.15) is 0 Å². The smallest absolute Gasteiger partial charge is 0.0124 e. The minimum Gasteiger partial charge on any atom is -0.0762 e. The third-order valence-corrected chi connectivity index (χ3v) is 3.10. The Bertz CT molecular complexity index is 488. The summed E-state index contributed by atoms with van der Waals surface area (Å²) in [6.07, 6.45) is 29.3. The monoisotopic (exact) mass is 744 g/mol. The Kier molecular flexibility index (Phi) is 42.9. The van der Waals surface area contributed by atoms with Crippen LogP contribution in [0.3, 0.4) is 0 Å². The third-order valence-electron chi connectivity index (χ3n) is 3.10. The molecular formula is C23H14O5Re2. The first kappa shape index (κ1) is 39.5. The first-order valence-electron chi connectivity index (χ1n) is 7.16. The molecule has 4 aliphatic carbocycles. The SMILES string of the molecule is [C-]#[O+].[C-]#[O+].[C-]#[O+].[C-]#[O+].[C-]#[O+].[CH]1[CH][C]2C=CC=C[C]2[CH]1.[CH]1[CH][C]2C=CC=C[C]2[CH]1.[Re].[Re]. The van der Waals surface area contributed by atoms with E-state index in [0.717, 1.165) is 0 Å². The summed E-state index contributed by atoms with van der Waals surface area (Å²) in [6.45, 7) is 22.5. The predicted octanol–water partition coefficient (Wildman–Crippen LogP) is 3.58. The molecule has 12 radical (unpaired) electrons. The van der Waals surface area contributed by atoms with E-state index >= 15 is 0 Å². The summed E-state index contributed by atoms with van der Waals surface area (Å²) in [4.78, 5) is 0. The van der Waals surface area contributed by atoms with Gasteiger partial charge in [-0.15, -0.1) is 0 Å². The molecule has 2 fully saturated rings. The van der Waals surface area contributed by atoms with Gasteiger partial charge in [-0.25, -0.2) is 0 Å². The van der Waals surface area contributed by atoms with Crippen molar-refractivity contribution in [2.45, 2.75) is 0 Å². The van der Waals surface area contributed by atoms with E-state index in [1.54, 1.807) is 0 Å². The van der Waals surface area contributed by atoms with E-state index in [9.17, 15) is 0 Å². The third kappa shape index (κ3) is 16.7. The molecule has 0 bridgehead atoms. The zero-order valence-electron chi connectivity index (χ0n) is 15.4. The molecule has 0 aromatic rings. The predicted molar refractivity (Wildman–Crippen MR) is 95.0 cm³/mol. The molecule has 0 N–H and O–H groups in total. The van der Waals surface area contributed by atoms with Gasteiger partial charge in [0.2, 0.25) is 0 Å². The fourth-order valence-corrected chi connectivity index (χ4v) is 2.14. The molecule has 7 heteroatoms. The second-order valence-corrected chi connectivity index (χ2v) is 4.31. The van der Waals surface area contributed by atoms with Gasteiger partial charge in [-0.3, -0.25) is 0 Å². The number of rotatable bonds is 0. The van der Waals surface area contributed by atoms with Crippen molar-refractivity contribution in [1.82, 2.24) is 0 Å². The fourth-order valence-electron chi connectivity index (χ4n) is 2.14. The van der Waals surface area contributed by atoms with E-state index in [-0.39, 0.29) is 40.8 Å². The minimum atomic E-state index is 0. The van der Waals surface area contributed by atoms with Crippen molar-refractivity contribution in [1.29, 1.82) is 0 Å². The van der Waals surface area contributed by atoms with Gasteiger partial charge >= 0.3 is 56.5 Å². The van der Waals surface area contributed by atoms with Gasteiger partial charge in [-0.05, 0) is 38.5 Å². The van der Waals surface area contributed by atoms with Gasteiger partial charge in [0.15, 0.2) is 0 Å². The van der Waals surface area contributed by atoms with E-state index in [1.165, 1.54) is 23.7 Å². The van der Waals surface area contributed by atoms with Crippen LogP contribution in [0, 0.1) is 95.4 Å². The molecule has 0 atom stereocenters. The van der Waals surface area contributed by atoms with Crippen molar-refractivity contribution in [3.8, 4) is 0 Å². The normalized spacial score (nSPS) is 16.6. The van der Waals surface area contributed by atoms with Crippen LogP contribution in [0.25, 0.3) is 0 Å². The molecule has 0 aromatic carbocycles. The molecule has 2 saturated carbocycles. The van der Waals surface area contributed by atoms with E-state index in [0.29, 0.717) is 0 Å². The molecule has 150 valence electrons. The number of hydrogen-bond donors (Lipinski definition) is 0. The van der Waals surface area contributed by atoms with Gasteiger partial charge < -0.3 is 0 Å². The Labute approximate surface area is 207 Å². The Balaban J connectivity index is -0.0000000942. The van der Waals surface area contributed by atoms with Crippen molar-refractivity contribution >= 4 is 0 Å². The van der Waals surface area contributed by atoms with Crippen molar-refractivity contribution in [2.24, 2.45) is 0 Å². The maximum absolute atomic E-state index is 7.50. The maximum Gasteiger partial charge on any atom is 0.0124 e. The van der Waals surface area contributed by atoms with Crippen molar-refractivity contribution in [3.63, 3.8) is 0 Å². The van der Waals surface area contributed by atoms with Gasteiger partial charge in [0.1, 0.15) is 0 Å². The van der Waals surface area contributed by atoms with Crippen molar-refractivity contribution < 1.29 is 64.1 Å². The summed E-state index contributed by atoms with van der Waals surface area (Å²) in [6, 6.07) is 0. The number of hydrogen-bond acceptors (Lipinski definition) is 0. The summed E-state index contributed by atoms with van der Waals surface area (Å²) in [7, 11) is 0. The largest absolute Gasteiger partial charge is 0.0762 e. The first-order valence-corrected chi connectivity index (χ1v) is 7.16. The molecule has 0 spiro atoms. The summed E-state index contributed by atoms with van der Waals surface area (Å²) in [5.41, 5.74) is 0. The molecule has 0 aliphatic heterocycles. The molecule has 5 nitrogen and oxygen atoms in total. The molecule has 4 aliphatic rings. The van der Waals surface area contributed by atoms with Gasteiger partial charge in [0.25, 0.3) is 0 Å². The van der Waals surface area contributed by atoms with Crippen LogP contribution < -0.4 is 0 Å². The Morgan fingerprint density at radius 3 is 0.700 bits per heavy atom. The average molecular weight is 743 g/mol. The summed E-state index contributed by atoms with van der Waals surface area (Å²) in [5.74, 6) is 5.32. The van der Waals surface area contributed by atoms with Crippen LogP contribution >= 0.6 is 0 Å². The molecule has 0 amide bonds. The van der Waals surface area contributed by atoms with Crippen molar-refractivity contribution in [2.75, 3.05) is 0 Å². The minimum absolute atomic E-state index is 0. The number of allylic oxidation sites excluding steroid dienone is 8. The zero-order chi connectivity index (χ0) is 22.2. The van der Waals surface area contributed by atoms with Crippen LogP contribution in [0.2, 0.25) is 0 Å². The topological polar surface area (TPSA) is 99.5 Å². The maximum atomic E-state index is 7.50. The van der Waals surface area contributed by atoms with Crippen LogP contribution in [-0.2, 0) is 64.1 Å². The van der Waals surface area contributed by atoms with E-state index in [1.807, 2.05) is 0 Å².